The van der Waals surface area contributed by atoms with E-state index in [9.17, 15) is 14.3 Å². The number of aromatic carboxylic acids is 1. The number of likely N-dealkylation sites (tertiary alicyclic amines) is 1. The highest BCUT2D eigenvalue weighted by molar-refractivity contribution is 7.20. The number of halogens is 1. The number of fused-ring (bicyclic) bond motifs is 1. The van der Waals surface area contributed by atoms with Crippen molar-refractivity contribution < 1.29 is 23.4 Å². The van der Waals surface area contributed by atoms with Gasteiger partial charge in [0.25, 0.3) is 0 Å². The zero-order valence-corrected chi connectivity index (χ0v) is 22.7. The van der Waals surface area contributed by atoms with Crippen LogP contribution in [0.3, 0.4) is 0 Å². The zero-order valence-electron chi connectivity index (χ0n) is 21.9. The Kier molecular flexibility index (Phi) is 7.45. The summed E-state index contributed by atoms with van der Waals surface area (Å²) in [7, 11) is 0. The summed E-state index contributed by atoms with van der Waals surface area (Å²) in [6, 6.07) is 11.7. The topological polar surface area (TPSA) is 111 Å². The molecule has 0 bridgehead atoms. The number of oxazole rings is 1. The van der Waals surface area contributed by atoms with Crippen LogP contribution in [0.15, 0.2) is 59.3 Å². The number of carboxylic acids is 1. The van der Waals surface area contributed by atoms with E-state index in [1.54, 1.807) is 30.5 Å². The van der Waals surface area contributed by atoms with E-state index in [2.05, 4.69) is 14.7 Å². The molecule has 0 saturated carbocycles. The molecule has 1 aliphatic rings. The maximum absolute atomic E-state index is 14.2. The summed E-state index contributed by atoms with van der Waals surface area (Å²) in [6.07, 6.45) is 4.91. The number of carbonyl (C=O) groups is 1. The van der Waals surface area contributed by atoms with Gasteiger partial charge in [0.1, 0.15) is 40.8 Å². The second kappa shape index (κ2) is 11.5. The first-order chi connectivity index (χ1) is 20.0. The molecule has 1 fully saturated rings. The molecular formula is C29H25FN6O4S. The number of hydrogen-bond acceptors (Lipinski definition) is 8. The van der Waals surface area contributed by atoms with Crippen LogP contribution in [0.2, 0.25) is 0 Å². The van der Waals surface area contributed by atoms with Gasteiger partial charge in [-0.05, 0) is 44.1 Å². The molecular weight excluding hydrogens is 547 g/mol. The third-order valence-corrected chi connectivity index (χ3v) is 8.18. The van der Waals surface area contributed by atoms with Gasteiger partial charge in [0.05, 0.1) is 24.8 Å². The molecule has 41 heavy (non-hydrogen) atoms. The van der Waals surface area contributed by atoms with Gasteiger partial charge < -0.3 is 18.8 Å². The highest BCUT2D eigenvalue weighted by Crippen LogP contribution is 2.31. The van der Waals surface area contributed by atoms with Crippen LogP contribution >= 0.6 is 11.3 Å². The minimum absolute atomic E-state index is 0.0323. The monoisotopic (exact) mass is 572 g/mol. The highest BCUT2D eigenvalue weighted by atomic mass is 32.1. The van der Waals surface area contributed by atoms with E-state index >= 15 is 0 Å². The van der Waals surface area contributed by atoms with Crippen LogP contribution in [0.1, 0.15) is 51.4 Å². The first-order valence-corrected chi connectivity index (χ1v) is 13.9. The Morgan fingerprint density at radius 3 is 2.78 bits per heavy atom. The number of aromatic nitrogens is 4. The van der Waals surface area contributed by atoms with Crippen LogP contribution in [0, 0.1) is 12.4 Å². The van der Waals surface area contributed by atoms with E-state index in [-0.39, 0.29) is 23.1 Å². The van der Waals surface area contributed by atoms with Crippen molar-refractivity contribution in [2.75, 3.05) is 13.1 Å². The van der Waals surface area contributed by atoms with Gasteiger partial charge in [-0.3, -0.25) is 4.90 Å². The average molecular weight is 573 g/mol. The standard InChI is InChI=1S/C29H25FN6O4S/c1-31-20-6-5-19(21(30)13-20)17-40-26-4-2-3-22(33-26)18-7-10-35(11-8-18)15-25-34-28-23(14-24(41-28)29(37)38)36(25)16-27-32-9-12-39-27/h2-6,9,12-14,18H,7-8,10-11,15-17H2,(H,37,38). The van der Waals surface area contributed by atoms with Crippen LogP contribution in [0.4, 0.5) is 10.1 Å². The molecule has 1 aromatic carbocycles. The van der Waals surface area contributed by atoms with Crippen LogP contribution in [0.5, 0.6) is 5.88 Å². The molecule has 1 saturated heterocycles. The molecule has 12 heteroatoms. The van der Waals surface area contributed by atoms with Gasteiger partial charge in [-0.2, -0.15) is 0 Å². The van der Waals surface area contributed by atoms with Crippen LogP contribution in [-0.2, 0) is 19.7 Å². The fourth-order valence-electron chi connectivity index (χ4n) is 5.03. The normalized spacial score (nSPS) is 14.3. The second-order valence-corrected chi connectivity index (χ2v) is 10.8. The molecule has 0 unspecified atom stereocenters. The minimum atomic E-state index is -0.968. The number of carboxylic acid groups (broad SMARTS) is 1. The molecule has 5 heterocycles. The van der Waals surface area contributed by atoms with Gasteiger partial charge >= 0.3 is 5.97 Å². The molecule has 4 aromatic heterocycles. The zero-order chi connectivity index (χ0) is 28.3. The van der Waals surface area contributed by atoms with Crippen molar-refractivity contribution in [3.8, 4) is 5.88 Å². The van der Waals surface area contributed by atoms with Gasteiger partial charge in [-0.25, -0.2) is 29.0 Å². The predicted molar refractivity (Wildman–Crippen MR) is 149 cm³/mol. The molecule has 6 rings (SSSR count). The maximum atomic E-state index is 14.2. The first kappa shape index (κ1) is 26.6. The smallest absolute Gasteiger partial charge is 0.346 e. The first-order valence-electron chi connectivity index (χ1n) is 13.1. The Morgan fingerprint density at radius 1 is 1.20 bits per heavy atom. The summed E-state index contributed by atoms with van der Waals surface area (Å²) < 4.78 is 27.4. The Hall–Kier alpha value is -4.60. The molecule has 1 aliphatic heterocycles. The van der Waals surface area contributed by atoms with Crippen molar-refractivity contribution >= 4 is 33.3 Å². The van der Waals surface area contributed by atoms with Crippen LogP contribution < -0.4 is 4.74 Å². The van der Waals surface area contributed by atoms with Gasteiger partial charge in [0, 0.05) is 23.2 Å². The van der Waals surface area contributed by atoms with Gasteiger partial charge in [-0.1, -0.05) is 18.2 Å². The van der Waals surface area contributed by atoms with Crippen molar-refractivity contribution in [2.24, 2.45) is 0 Å². The molecule has 208 valence electrons. The summed E-state index contributed by atoms with van der Waals surface area (Å²) in [4.78, 5) is 31.7. The Labute approximate surface area is 238 Å². The third kappa shape index (κ3) is 5.82. The van der Waals surface area contributed by atoms with E-state index < -0.39 is 11.8 Å². The second-order valence-electron chi connectivity index (χ2n) is 9.77. The van der Waals surface area contributed by atoms with Crippen molar-refractivity contribution in [3.05, 3.63) is 100 Å². The molecule has 0 spiro atoms. The molecule has 0 aliphatic carbocycles. The van der Waals surface area contributed by atoms with E-state index in [0.29, 0.717) is 35.3 Å². The third-order valence-electron chi connectivity index (χ3n) is 7.17. The van der Waals surface area contributed by atoms with Crippen molar-refractivity contribution in [2.45, 2.75) is 38.5 Å². The predicted octanol–water partition coefficient (Wildman–Crippen LogP) is 5.88. The number of thiophene rings is 1. The lowest BCUT2D eigenvalue weighted by atomic mass is 9.93. The van der Waals surface area contributed by atoms with Crippen molar-refractivity contribution in [3.63, 3.8) is 0 Å². The van der Waals surface area contributed by atoms with Gasteiger partial charge in [-0.15, -0.1) is 11.3 Å². The molecule has 10 nitrogen and oxygen atoms in total. The summed E-state index contributed by atoms with van der Waals surface area (Å²) in [5.74, 6) is 0.634. The van der Waals surface area contributed by atoms with Crippen molar-refractivity contribution in [1.82, 2.24) is 24.4 Å². The summed E-state index contributed by atoms with van der Waals surface area (Å²) in [6.45, 7) is 9.71. The Balaban J connectivity index is 1.10. The summed E-state index contributed by atoms with van der Waals surface area (Å²) in [5.41, 5.74) is 2.33. The number of ether oxygens (including phenoxy) is 1. The average Bonchev–Trinajstić information content (AvgIpc) is 3.72. The molecule has 0 radical (unpaired) electrons. The molecule has 0 atom stereocenters. The fraction of sp³-hybridized carbons (Fsp3) is 0.276. The fourth-order valence-corrected chi connectivity index (χ4v) is 5.92. The lowest BCUT2D eigenvalue weighted by Gasteiger charge is -2.31. The molecule has 5 aromatic rings. The lowest BCUT2D eigenvalue weighted by Crippen LogP contribution is -2.33. The number of benzene rings is 1. The highest BCUT2D eigenvalue weighted by Gasteiger charge is 2.25. The van der Waals surface area contributed by atoms with Gasteiger partial charge in [0.15, 0.2) is 5.69 Å². The van der Waals surface area contributed by atoms with E-state index in [4.69, 9.17) is 25.7 Å². The lowest BCUT2D eigenvalue weighted by molar-refractivity contribution is 0.0702. The Morgan fingerprint density at radius 2 is 2.05 bits per heavy atom. The molecule has 1 N–H and O–H groups in total. The van der Waals surface area contributed by atoms with E-state index in [0.717, 1.165) is 43.0 Å². The number of hydrogen-bond donors (Lipinski definition) is 1. The van der Waals surface area contributed by atoms with E-state index in [1.807, 2.05) is 16.7 Å². The maximum Gasteiger partial charge on any atom is 0.346 e. The number of imidazole rings is 1. The number of rotatable bonds is 9. The molecule has 0 amide bonds. The summed E-state index contributed by atoms with van der Waals surface area (Å²) >= 11 is 1.17. The Bertz CT molecular complexity index is 1730. The number of piperidine rings is 1. The van der Waals surface area contributed by atoms with Crippen LogP contribution in [0.25, 0.3) is 15.2 Å². The summed E-state index contributed by atoms with van der Waals surface area (Å²) in [5, 5.41) is 9.43. The number of nitrogens with zero attached hydrogens (tertiary/aromatic N) is 6. The quantitative estimate of drug-likeness (QED) is 0.218. The van der Waals surface area contributed by atoms with E-state index in [1.165, 1.54) is 23.7 Å². The minimum Gasteiger partial charge on any atom is -0.477 e. The number of pyridine rings is 1. The van der Waals surface area contributed by atoms with Crippen LogP contribution in [-0.4, -0.2) is 48.6 Å². The largest absolute Gasteiger partial charge is 0.477 e. The van der Waals surface area contributed by atoms with Gasteiger partial charge in [0.2, 0.25) is 11.8 Å². The SMILES string of the molecule is [C-]#[N+]c1ccc(COc2cccc(C3CCN(Cc4nc5sc(C(=O)O)cc5n4Cc4ncco4)CC3)n2)c(F)c1. The van der Waals surface area contributed by atoms with Crippen molar-refractivity contribution in [1.29, 1.82) is 0 Å².